The van der Waals surface area contributed by atoms with Crippen LogP contribution >= 0.6 is 0 Å². The Hall–Kier alpha value is -1.62. The van der Waals surface area contributed by atoms with Crippen molar-refractivity contribution in [1.29, 1.82) is 0 Å². The van der Waals surface area contributed by atoms with Gasteiger partial charge in [-0.1, -0.05) is 0 Å². The Balaban J connectivity index is 2.41. The minimum atomic E-state index is -0.585. The number of rotatable bonds is 1. The molecule has 0 spiro atoms. The Morgan fingerprint density at radius 3 is 3.00 bits per heavy atom. The van der Waals surface area contributed by atoms with Crippen LogP contribution in [0, 0.1) is 5.82 Å². The molecule has 0 saturated heterocycles. The normalized spacial score (nSPS) is 20.5. The predicted octanol–water partition coefficient (Wildman–Crippen LogP) is 1.29. The van der Waals surface area contributed by atoms with Gasteiger partial charge in [-0.15, -0.1) is 0 Å². The zero-order chi connectivity index (χ0) is 12.6. The van der Waals surface area contributed by atoms with Crippen molar-refractivity contribution in [3.05, 3.63) is 24.0 Å². The van der Waals surface area contributed by atoms with Crippen LogP contribution in [0.4, 0.5) is 10.1 Å². The molecule has 1 aliphatic heterocycles. The molecule has 1 aromatic carbocycles. The quantitative estimate of drug-likeness (QED) is 0.802. The number of carbonyl (C=O) groups is 1. The van der Waals surface area contributed by atoms with Gasteiger partial charge in [-0.25, -0.2) is 4.39 Å². The van der Waals surface area contributed by atoms with Gasteiger partial charge in [0.15, 0.2) is 0 Å². The van der Waals surface area contributed by atoms with Crippen LogP contribution in [-0.4, -0.2) is 24.6 Å². The van der Waals surface area contributed by atoms with Gasteiger partial charge in [0, 0.05) is 6.07 Å². The molecule has 0 bridgehead atoms. The van der Waals surface area contributed by atoms with Gasteiger partial charge >= 0.3 is 0 Å². The molecule has 0 saturated carbocycles. The van der Waals surface area contributed by atoms with E-state index >= 15 is 0 Å². The van der Waals surface area contributed by atoms with E-state index in [1.165, 1.54) is 18.2 Å². The maximum Gasteiger partial charge on any atom is 0.243 e. The smallest absolute Gasteiger partial charge is 0.243 e. The van der Waals surface area contributed by atoms with Crippen molar-refractivity contribution in [2.24, 2.45) is 5.73 Å². The second-order valence-corrected chi connectivity index (χ2v) is 4.28. The zero-order valence-corrected chi connectivity index (χ0v) is 9.81. The lowest BCUT2D eigenvalue weighted by atomic mass is 10.1. The molecule has 2 rings (SSSR count). The van der Waals surface area contributed by atoms with Crippen LogP contribution in [0.3, 0.4) is 0 Å². The van der Waals surface area contributed by atoms with Crippen LogP contribution in [-0.2, 0) is 4.79 Å². The van der Waals surface area contributed by atoms with Crippen LogP contribution < -0.4 is 15.4 Å². The number of amides is 1. The first-order valence-electron chi connectivity index (χ1n) is 5.52. The molecule has 1 aliphatic rings. The molecule has 1 aromatic rings. The van der Waals surface area contributed by atoms with E-state index in [1.807, 2.05) is 6.92 Å². The number of nitrogens with zero attached hydrogens (tertiary/aromatic N) is 1. The standard InChI is InChI=1S/C12H15FN2O2/c1-7-6-15(12(16)8(2)14)10-4-3-9(13)5-11(10)17-7/h3-5,7-8H,6,14H2,1-2H3/t7-,8-/m0/s1. The highest BCUT2D eigenvalue weighted by atomic mass is 19.1. The largest absolute Gasteiger partial charge is 0.487 e. The first kappa shape index (κ1) is 11.9. The molecular weight excluding hydrogens is 223 g/mol. The summed E-state index contributed by atoms with van der Waals surface area (Å²) in [7, 11) is 0. The molecule has 17 heavy (non-hydrogen) atoms. The van der Waals surface area contributed by atoms with Crippen molar-refractivity contribution in [3.8, 4) is 5.75 Å². The van der Waals surface area contributed by atoms with Gasteiger partial charge in [0.25, 0.3) is 0 Å². The molecule has 4 nitrogen and oxygen atoms in total. The first-order valence-corrected chi connectivity index (χ1v) is 5.52. The maximum atomic E-state index is 13.1. The number of carbonyl (C=O) groups excluding carboxylic acids is 1. The molecule has 2 atom stereocenters. The second kappa shape index (κ2) is 4.33. The topological polar surface area (TPSA) is 55.6 Å². The summed E-state index contributed by atoms with van der Waals surface area (Å²) in [4.78, 5) is 13.5. The number of hydrogen-bond donors (Lipinski definition) is 1. The van der Waals surface area contributed by atoms with Gasteiger partial charge in [-0.3, -0.25) is 4.79 Å². The van der Waals surface area contributed by atoms with Crippen molar-refractivity contribution < 1.29 is 13.9 Å². The van der Waals surface area contributed by atoms with E-state index in [0.717, 1.165) is 0 Å². The number of benzene rings is 1. The Morgan fingerprint density at radius 2 is 2.35 bits per heavy atom. The Bertz CT molecular complexity index is 448. The van der Waals surface area contributed by atoms with Crippen LogP contribution in [0.2, 0.25) is 0 Å². The van der Waals surface area contributed by atoms with E-state index in [4.69, 9.17) is 10.5 Å². The summed E-state index contributed by atoms with van der Waals surface area (Å²) in [6.45, 7) is 3.89. The van der Waals surface area contributed by atoms with E-state index in [9.17, 15) is 9.18 Å². The summed E-state index contributed by atoms with van der Waals surface area (Å²) in [6, 6.07) is 3.54. The van der Waals surface area contributed by atoms with Crippen molar-refractivity contribution in [2.75, 3.05) is 11.4 Å². The van der Waals surface area contributed by atoms with Gasteiger partial charge in [-0.05, 0) is 26.0 Å². The third kappa shape index (κ3) is 2.24. The van der Waals surface area contributed by atoms with E-state index < -0.39 is 6.04 Å². The summed E-state index contributed by atoms with van der Waals surface area (Å²) in [5.41, 5.74) is 6.17. The monoisotopic (exact) mass is 238 g/mol. The number of ether oxygens (including phenoxy) is 1. The zero-order valence-electron chi connectivity index (χ0n) is 9.81. The molecule has 92 valence electrons. The summed E-state index contributed by atoms with van der Waals surface area (Å²) >= 11 is 0. The first-order chi connectivity index (χ1) is 7.99. The number of fused-ring (bicyclic) bond motifs is 1. The van der Waals surface area contributed by atoms with Gasteiger partial charge in [0.05, 0.1) is 18.3 Å². The number of anilines is 1. The van der Waals surface area contributed by atoms with E-state index in [-0.39, 0.29) is 17.8 Å². The van der Waals surface area contributed by atoms with Crippen LogP contribution in [0.5, 0.6) is 5.75 Å². The summed E-state index contributed by atoms with van der Waals surface area (Å²) < 4.78 is 18.6. The maximum absolute atomic E-state index is 13.1. The average Bonchev–Trinajstić information content (AvgIpc) is 2.26. The summed E-state index contributed by atoms with van der Waals surface area (Å²) in [5, 5.41) is 0. The molecule has 0 aromatic heterocycles. The fourth-order valence-corrected chi connectivity index (χ4v) is 1.87. The molecule has 0 radical (unpaired) electrons. The SMILES string of the molecule is C[C@H](N)C(=O)N1C[C@H](C)Oc2cc(F)ccc21. The third-order valence-corrected chi connectivity index (χ3v) is 2.64. The molecule has 0 aliphatic carbocycles. The van der Waals surface area contributed by atoms with Crippen LogP contribution in [0.15, 0.2) is 18.2 Å². The lowest BCUT2D eigenvalue weighted by Crippen LogP contribution is -2.48. The fourth-order valence-electron chi connectivity index (χ4n) is 1.87. The Morgan fingerprint density at radius 1 is 1.65 bits per heavy atom. The van der Waals surface area contributed by atoms with E-state index in [1.54, 1.807) is 11.8 Å². The molecule has 0 fully saturated rings. The highest BCUT2D eigenvalue weighted by Crippen LogP contribution is 2.34. The molecule has 5 heteroatoms. The van der Waals surface area contributed by atoms with Crippen molar-refractivity contribution >= 4 is 11.6 Å². The number of hydrogen-bond acceptors (Lipinski definition) is 3. The third-order valence-electron chi connectivity index (χ3n) is 2.64. The van der Waals surface area contributed by atoms with Crippen molar-refractivity contribution in [3.63, 3.8) is 0 Å². The highest BCUT2D eigenvalue weighted by Gasteiger charge is 2.29. The van der Waals surface area contributed by atoms with Crippen molar-refractivity contribution in [1.82, 2.24) is 0 Å². The lowest BCUT2D eigenvalue weighted by Gasteiger charge is -2.34. The molecule has 0 unspecified atom stereocenters. The van der Waals surface area contributed by atoms with Crippen LogP contribution in [0.1, 0.15) is 13.8 Å². The van der Waals surface area contributed by atoms with E-state index in [2.05, 4.69) is 0 Å². The van der Waals surface area contributed by atoms with E-state index in [0.29, 0.717) is 18.0 Å². The summed E-state index contributed by atoms with van der Waals surface area (Å²) in [6.07, 6.45) is -0.174. The van der Waals surface area contributed by atoms with Gasteiger partial charge in [0.2, 0.25) is 5.91 Å². The molecule has 1 heterocycles. The predicted molar refractivity (Wildman–Crippen MR) is 62.5 cm³/mol. The van der Waals surface area contributed by atoms with Crippen LogP contribution in [0.25, 0.3) is 0 Å². The van der Waals surface area contributed by atoms with Gasteiger partial charge in [-0.2, -0.15) is 0 Å². The minimum Gasteiger partial charge on any atom is -0.487 e. The molecular formula is C12H15FN2O2. The average molecular weight is 238 g/mol. The number of nitrogens with two attached hydrogens (primary N) is 1. The molecule has 1 amide bonds. The lowest BCUT2D eigenvalue weighted by molar-refractivity contribution is -0.119. The van der Waals surface area contributed by atoms with Gasteiger partial charge < -0.3 is 15.4 Å². The second-order valence-electron chi connectivity index (χ2n) is 4.28. The number of halogens is 1. The Kier molecular flexibility index (Phi) is 3.02. The molecule has 2 N–H and O–H groups in total. The Labute approximate surface area is 99.2 Å². The summed E-state index contributed by atoms with van der Waals surface area (Å²) in [5.74, 6) is -0.184. The minimum absolute atomic E-state index is 0.174. The highest BCUT2D eigenvalue weighted by molar-refractivity contribution is 5.98. The fraction of sp³-hybridized carbons (Fsp3) is 0.417. The van der Waals surface area contributed by atoms with Crippen molar-refractivity contribution in [2.45, 2.75) is 26.0 Å². The van der Waals surface area contributed by atoms with Gasteiger partial charge in [0.1, 0.15) is 17.7 Å².